The van der Waals surface area contributed by atoms with E-state index in [9.17, 15) is 9.59 Å². The first-order chi connectivity index (χ1) is 9.10. The van der Waals surface area contributed by atoms with Gasteiger partial charge in [-0.05, 0) is 19.1 Å². The molecule has 5 nitrogen and oxygen atoms in total. The number of nitrogens with one attached hydrogen (secondary N) is 1. The molecule has 0 bridgehead atoms. The van der Waals surface area contributed by atoms with Crippen molar-refractivity contribution in [1.82, 2.24) is 4.90 Å². The van der Waals surface area contributed by atoms with Gasteiger partial charge < -0.3 is 10.4 Å². The molecule has 5 heteroatoms. The highest BCUT2D eigenvalue weighted by molar-refractivity contribution is 6.04. The molecule has 1 heterocycles. The molecule has 0 aromatic heterocycles. The topological polar surface area (TPSA) is 69.6 Å². The molecule has 1 fully saturated rings. The van der Waals surface area contributed by atoms with E-state index in [-0.39, 0.29) is 24.2 Å². The third-order valence-electron chi connectivity index (χ3n) is 3.24. The first-order valence-electron chi connectivity index (χ1n) is 6.33. The van der Waals surface area contributed by atoms with E-state index in [2.05, 4.69) is 5.32 Å². The molecular weight excluding hydrogens is 244 g/mol. The summed E-state index contributed by atoms with van der Waals surface area (Å²) >= 11 is 0. The Labute approximate surface area is 112 Å². The van der Waals surface area contributed by atoms with Gasteiger partial charge in [0.05, 0.1) is 12.2 Å². The second kappa shape index (κ2) is 5.95. The van der Waals surface area contributed by atoms with E-state index in [0.717, 1.165) is 13.1 Å². The average molecular weight is 262 g/mol. The van der Waals surface area contributed by atoms with E-state index in [1.54, 1.807) is 24.3 Å². The molecule has 1 aliphatic heterocycles. The fourth-order valence-electron chi connectivity index (χ4n) is 2.21. The largest absolute Gasteiger partial charge is 0.396 e. The van der Waals surface area contributed by atoms with Crippen LogP contribution in [0.4, 0.5) is 5.69 Å². The number of rotatable bonds is 5. The molecule has 1 aliphatic rings. The van der Waals surface area contributed by atoms with Crippen LogP contribution in [0, 0.1) is 5.92 Å². The average Bonchev–Trinajstić information content (AvgIpc) is 2.33. The summed E-state index contributed by atoms with van der Waals surface area (Å²) < 4.78 is 0. The number of Topliss-reactive ketones (excluding diaryl/α,β-unsaturated/α-hetero) is 1. The van der Waals surface area contributed by atoms with Gasteiger partial charge in [0, 0.05) is 31.2 Å². The highest BCUT2D eigenvalue weighted by Gasteiger charge is 2.27. The smallest absolute Gasteiger partial charge is 0.238 e. The summed E-state index contributed by atoms with van der Waals surface area (Å²) in [6.07, 6.45) is 0. The van der Waals surface area contributed by atoms with Crippen LogP contribution in [0.5, 0.6) is 0 Å². The van der Waals surface area contributed by atoms with Crippen molar-refractivity contribution < 1.29 is 14.7 Å². The van der Waals surface area contributed by atoms with Crippen molar-refractivity contribution >= 4 is 17.4 Å². The Morgan fingerprint density at radius 1 is 1.37 bits per heavy atom. The summed E-state index contributed by atoms with van der Waals surface area (Å²) in [5, 5.41) is 11.7. The van der Waals surface area contributed by atoms with E-state index >= 15 is 0 Å². The Morgan fingerprint density at radius 3 is 2.68 bits per heavy atom. The predicted molar refractivity (Wildman–Crippen MR) is 72.1 cm³/mol. The zero-order valence-corrected chi connectivity index (χ0v) is 10.9. The number of aliphatic hydroxyl groups is 1. The van der Waals surface area contributed by atoms with Gasteiger partial charge >= 0.3 is 0 Å². The summed E-state index contributed by atoms with van der Waals surface area (Å²) in [5.74, 6) is 0.0857. The SMILES string of the molecule is CC(=O)c1ccccc1NC(=O)CN1CC(CO)C1. The van der Waals surface area contributed by atoms with Gasteiger partial charge in [-0.1, -0.05) is 12.1 Å². The number of aliphatic hydroxyl groups excluding tert-OH is 1. The van der Waals surface area contributed by atoms with Crippen molar-refractivity contribution in [1.29, 1.82) is 0 Å². The number of benzene rings is 1. The lowest BCUT2D eigenvalue weighted by atomic mass is 10.0. The first kappa shape index (κ1) is 13.7. The zero-order valence-electron chi connectivity index (χ0n) is 10.9. The molecule has 0 saturated carbocycles. The number of hydrogen-bond donors (Lipinski definition) is 2. The van der Waals surface area contributed by atoms with Gasteiger partial charge in [-0.25, -0.2) is 0 Å². The fourth-order valence-corrected chi connectivity index (χ4v) is 2.21. The molecule has 0 unspecified atom stereocenters. The fraction of sp³-hybridized carbons (Fsp3) is 0.429. The number of amides is 1. The molecular formula is C14H18N2O3. The second-order valence-electron chi connectivity index (χ2n) is 4.89. The minimum absolute atomic E-state index is 0.0693. The molecule has 1 amide bonds. The van der Waals surface area contributed by atoms with Crippen molar-refractivity contribution in [2.24, 2.45) is 5.92 Å². The number of hydrogen-bond acceptors (Lipinski definition) is 4. The third kappa shape index (κ3) is 3.39. The highest BCUT2D eigenvalue weighted by atomic mass is 16.3. The lowest BCUT2D eigenvalue weighted by Crippen LogP contribution is -2.51. The Bertz CT molecular complexity index is 481. The molecule has 1 aromatic rings. The van der Waals surface area contributed by atoms with E-state index < -0.39 is 0 Å². The Hall–Kier alpha value is -1.72. The van der Waals surface area contributed by atoms with Crippen molar-refractivity contribution in [3.05, 3.63) is 29.8 Å². The van der Waals surface area contributed by atoms with Crippen molar-refractivity contribution in [3.63, 3.8) is 0 Å². The van der Waals surface area contributed by atoms with E-state index in [4.69, 9.17) is 5.11 Å². The second-order valence-corrected chi connectivity index (χ2v) is 4.89. The lowest BCUT2D eigenvalue weighted by Gasteiger charge is -2.37. The molecule has 102 valence electrons. The predicted octanol–water partition coefficient (Wildman–Crippen LogP) is 0.752. The Balaban J connectivity index is 1.91. The van der Waals surface area contributed by atoms with Gasteiger partial charge in [0.1, 0.15) is 0 Å². The number of para-hydroxylation sites is 1. The van der Waals surface area contributed by atoms with Crippen LogP contribution in [0.3, 0.4) is 0 Å². The molecule has 1 aromatic carbocycles. The van der Waals surface area contributed by atoms with Crippen molar-refractivity contribution in [3.8, 4) is 0 Å². The van der Waals surface area contributed by atoms with Crippen LogP contribution in [0.2, 0.25) is 0 Å². The quantitative estimate of drug-likeness (QED) is 0.768. The Kier molecular flexibility index (Phi) is 4.29. The molecule has 2 N–H and O–H groups in total. The molecule has 1 saturated heterocycles. The summed E-state index contributed by atoms with van der Waals surface area (Å²) in [6, 6.07) is 6.98. The van der Waals surface area contributed by atoms with Gasteiger partial charge in [-0.15, -0.1) is 0 Å². The van der Waals surface area contributed by atoms with Gasteiger partial charge in [0.2, 0.25) is 5.91 Å². The number of ketones is 1. The normalized spacial score (nSPS) is 15.9. The molecule has 0 radical (unpaired) electrons. The zero-order chi connectivity index (χ0) is 13.8. The molecule has 19 heavy (non-hydrogen) atoms. The van der Waals surface area contributed by atoms with Crippen LogP contribution in [-0.2, 0) is 4.79 Å². The van der Waals surface area contributed by atoms with Gasteiger partial charge in [0.15, 0.2) is 5.78 Å². The van der Waals surface area contributed by atoms with Gasteiger partial charge in [-0.3, -0.25) is 14.5 Å². The summed E-state index contributed by atoms with van der Waals surface area (Å²) in [5.41, 5.74) is 1.08. The highest BCUT2D eigenvalue weighted by Crippen LogP contribution is 2.17. The van der Waals surface area contributed by atoms with Crippen LogP contribution < -0.4 is 5.32 Å². The van der Waals surface area contributed by atoms with Crippen molar-refractivity contribution in [2.75, 3.05) is 31.6 Å². The van der Waals surface area contributed by atoms with Crippen LogP contribution >= 0.6 is 0 Å². The molecule has 0 atom stereocenters. The summed E-state index contributed by atoms with van der Waals surface area (Å²) in [7, 11) is 0. The number of nitrogens with zero attached hydrogens (tertiary/aromatic N) is 1. The van der Waals surface area contributed by atoms with Gasteiger partial charge in [0.25, 0.3) is 0 Å². The monoisotopic (exact) mass is 262 g/mol. The minimum atomic E-state index is -0.134. The molecule has 0 aliphatic carbocycles. The summed E-state index contributed by atoms with van der Waals surface area (Å²) in [4.78, 5) is 25.3. The number of carbonyl (C=O) groups excluding carboxylic acids is 2. The van der Waals surface area contributed by atoms with Crippen LogP contribution in [-0.4, -0.2) is 47.9 Å². The van der Waals surface area contributed by atoms with Crippen molar-refractivity contribution in [2.45, 2.75) is 6.92 Å². The third-order valence-corrected chi connectivity index (χ3v) is 3.24. The number of likely N-dealkylation sites (tertiary alicyclic amines) is 1. The van der Waals surface area contributed by atoms with Gasteiger partial charge in [-0.2, -0.15) is 0 Å². The van der Waals surface area contributed by atoms with Crippen LogP contribution in [0.25, 0.3) is 0 Å². The van der Waals surface area contributed by atoms with E-state index in [1.165, 1.54) is 6.92 Å². The maximum Gasteiger partial charge on any atom is 0.238 e. The molecule has 2 rings (SSSR count). The minimum Gasteiger partial charge on any atom is -0.396 e. The standard InChI is InChI=1S/C14H18N2O3/c1-10(18)12-4-2-3-5-13(12)15-14(19)8-16-6-11(7-16)9-17/h2-5,11,17H,6-9H2,1H3,(H,15,19). The molecule has 0 spiro atoms. The summed E-state index contributed by atoms with van der Waals surface area (Å²) in [6.45, 7) is 3.44. The number of anilines is 1. The first-order valence-corrected chi connectivity index (χ1v) is 6.33. The van der Waals surface area contributed by atoms with Crippen LogP contribution in [0.1, 0.15) is 17.3 Å². The van der Waals surface area contributed by atoms with E-state index in [0.29, 0.717) is 17.8 Å². The maximum absolute atomic E-state index is 11.9. The van der Waals surface area contributed by atoms with Crippen LogP contribution in [0.15, 0.2) is 24.3 Å². The lowest BCUT2D eigenvalue weighted by molar-refractivity contribution is -0.119. The number of carbonyl (C=O) groups is 2. The Morgan fingerprint density at radius 2 is 2.05 bits per heavy atom. The van der Waals surface area contributed by atoms with E-state index in [1.807, 2.05) is 4.90 Å². The maximum atomic E-state index is 11.9.